The third kappa shape index (κ3) is 5.68. The number of nitrogens with one attached hydrogen (secondary N) is 1. The molecule has 0 bridgehead atoms. The molecule has 0 radical (unpaired) electrons. The Hall–Kier alpha value is -2.64. The fourth-order valence-electron chi connectivity index (χ4n) is 2.81. The van der Waals surface area contributed by atoms with Crippen molar-refractivity contribution >= 4 is 22.0 Å². The van der Waals surface area contributed by atoms with E-state index in [4.69, 9.17) is 4.74 Å². The smallest absolute Gasteiger partial charge is 0.246 e. The minimum absolute atomic E-state index is 0.0543. The number of aryl methyl sites for hydroxylation is 1. The van der Waals surface area contributed by atoms with Gasteiger partial charge >= 0.3 is 0 Å². The second kappa shape index (κ2) is 9.71. The predicted octanol–water partition coefficient (Wildman–Crippen LogP) is 3.53. The fraction of sp³-hybridized carbons (Fsp3) is 0.318. The maximum Gasteiger partial charge on any atom is 0.246 e. The van der Waals surface area contributed by atoms with E-state index in [1.165, 1.54) is 33.3 Å². The van der Waals surface area contributed by atoms with Crippen LogP contribution in [0.3, 0.4) is 0 Å². The van der Waals surface area contributed by atoms with Crippen molar-refractivity contribution in [3.63, 3.8) is 0 Å². The number of nitrogens with zero attached hydrogens (tertiary/aromatic N) is 1. The quantitative estimate of drug-likeness (QED) is 0.668. The lowest BCUT2D eigenvalue weighted by atomic mass is 10.0. The maximum absolute atomic E-state index is 12.5. The lowest BCUT2D eigenvalue weighted by Crippen LogP contribution is -2.26. The van der Waals surface area contributed by atoms with Gasteiger partial charge in [-0.15, -0.1) is 0 Å². The minimum atomic E-state index is -3.67. The molecule has 0 saturated carbocycles. The van der Waals surface area contributed by atoms with Gasteiger partial charge in [0.15, 0.2) is 0 Å². The summed E-state index contributed by atoms with van der Waals surface area (Å²) in [5.74, 6) is 0.0102. The molecule has 2 aromatic carbocycles. The van der Waals surface area contributed by atoms with Gasteiger partial charge in [0.25, 0.3) is 0 Å². The number of hydrogen-bond acceptors (Lipinski definition) is 4. The summed E-state index contributed by atoms with van der Waals surface area (Å²) in [6.45, 7) is 4.03. The van der Waals surface area contributed by atoms with Crippen LogP contribution in [-0.4, -0.2) is 39.8 Å². The molecule has 7 heteroatoms. The van der Waals surface area contributed by atoms with E-state index in [0.717, 1.165) is 21.9 Å². The molecule has 0 fully saturated rings. The third-order valence-electron chi connectivity index (χ3n) is 4.58. The largest absolute Gasteiger partial charge is 0.495 e. The lowest BCUT2D eigenvalue weighted by Gasteiger charge is -2.16. The van der Waals surface area contributed by atoms with E-state index in [2.05, 4.69) is 5.32 Å². The molecule has 0 aliphatic carbocycles. The van der Waals surface area contributed by atoms with E-state index in [0.29, 0.717) is 5.56 Å². The molecular weight excluding hydrogens is 388 g/mol. The van der Waals surface area contributed by atoms with Crippen molar-refractivity contribution in [2.24, 2.45) is 0 Å². The zero-order chi connectivity index (χ0) is 21.6. The second-order valence-corrected chi connectivity index (χ2v) is 9.03. The molecule has 1 N–H and O–H groups in total. The number of sulfonamides is 1. The summed E-state index contributed by atoms with van der Waals surface area (Å²) >= 11 is 0. The topological polar surface area (TPSA) is 75.7 Å². The number of carbonyl (C=O) groups excluding carboxylic acids is 1. The number of benzene rings is 2. The van der Waals surface area contributed by atoms with Crippen molar-refractivity contribution in [1.29, 1.82) is 0 Å². The summed E-state index contributed by atoms with van der Waals surface area (Å²) in [6, 6.07) is 12.7. The first-order chi connectivity index (χ1) is 13.7. The molecule has 0 unspecified atom stereocenters. The van der Waals surface area contributed by atoms with Crippen molar-refractivity contribution < 1.29 is 17.9 Å². The minimum Gasteiger partial charge on any atom is -0.495 e. The Bertz CT molecular complexity index is 980. The number of amides is 1. The Morgan fingerprint density at radius 2 is 1.83 bits per heavy atom. The van der Waals surface area contributed by atoms with Gasteiger partial charge in [-0.2, -0.15) is 0 Å². The van der Waals surface area contributed by atoms with Crippen LogP contribution in [0.1, 0.15) is 36.1 Å². The molecule has 2 aromatic rings. The molecule has 0 heterocycles. The van der Waals surface area contributed by atoms with E-state index in [9.17, 15) is 13.2 Å². The Morgan fingerprint density at radius 1 is 1.17 bits per heavy atom. The van der Waals surface area contributed by atoms with Gasteiger partial charge in [-0.3, -0.25) is 4.79 Å². The number of ether oxygens (including phenoxy) is 1. The molecule has 0 aromatic heterocycles. The van der Waals surface area contributed by atoms with Gasteiger partial charge in [0.1, 0.15) is 10.6 Å². The summed E-state index contributed by atoms with van der Waals surface area (Å²) in [4.78, 5) is 12.4. The van der Waals surface area contributed by atoms with E-state index in [1.54, 1.807) is 18.2 Å². The van der Waals surface area contributed by atoms with Crippen LogP contribution >= 0.6 is 0 Å². The molecule has 1 atom stereocenters. The van der Waals surface area contributed by atoms with Crippen LogP contribution < -0.4 is 10.1 Å². The molecule has 0 aliphatic rings. The van der Waals surface area contributed by atoms with Crippen LogP contribution in [0, 0.1) is 6.92 Å². The molecule has 156 valence electrons. The van der Waals surface area contributed by atoms with Gasteiger partial charge in [0.2, 0.25) is 15.9 Å². The molecule has 1 amide bonds. The second-order valence-electron chi connectivity index (χ2n) is 6.91. The van der Waals surface area contributed by atoms with Gasteiger partial charge in [0, 0.05) is 20.2 Å². The number of carbonyl (C=O) groups is 1. The maximum atomic E-state index is 12.5. The normalized spacial score (nSPS) is 12.9. The third-order valence-corrected chi connectivity index (χ3v) is 6.41. The Morgan fingerprint density at radius 3 is 2.38 bits per heavy atom. The van der Waals surface area contributed by atoms with Crippen LogP contribution in [0.15, 0.2) is 53.4 Å². The predicted molar refractivity (Wildman–Crippen MR) is 115 cm³/mol. The first-order valence-corrected chi connectivity index (χ1v) is 10.8. The van der Waals surface area contributed by atoms with E-state index in [1.807, 2.05) is 38.1 Å². The standard InChI is InChI=1S/C22H28N2O4S/c1-6-19(18-11-7-16(2)8-12-18)23-22(25)14-10-17-9-13-20(28-5)21(15-17)29(26,27)24(3)4/h7-15,19H,6H2,1-5H3,(H,23,25)/b14-10+/t19-/m1/s1. The Kier molecular flexibility index (Phi) is 7.59. The fourth-order valence-corrected chi connectivity index (χ4v) is 3.89. The van der Waals surface area contributed by atoms with Crippen molar-refractivity contribution in [2.45, 2.75) is 31.2 Å². The molecule has 0 aliphatic heterocycles. The van der Waals surface area contributed by atoms with Crippen molar-refractivity contribution in [2.75, 3.05) is 21.2 Å². The zero-order valence-electron chi connectivity index (χ0n) is 17.5. The molecule has 6 nitrogen and oxygen atoms in total. The molecule has 0 saturated heterocycles. The van der Waals surface area contributed by atoms with Crippen LogP contribution in [0.25, 0.3) is 6.08 Å². The molecular formula is C22H28N2O4S. The summed E-state index contributed by atoms with van der Waals surface area (Å²) in [5, 5.41) is 2.98. The van der Waals surface area contributed by atoms with Crippen LogP contribution in [0.4, 0.5) is 0 Å². The summed E-state index contributed by atoms with van der Waals surface area (Å²) in [5.41, 5.74) is 2.80. The van der Waals surface area contributed by atoms with Crippen molar-refractivity contribution in [3.05, 3.63) is 65.2 Å². The zero-order valence-corrected chi connectivity index (χ0v) is 18.3. The van der Waals surface area contributed by atoms with Gasteiger partial charge in [-0.25, -0.2) is 12.7 Å². The highest BCUT2D eigenvalue weighted by atomic mass is 32.2. The summed E-state index contributed by atoms with van der Waals surface area (Å²) < 4.78 is 31.3. The summed E-state index contributed by atoms with van der Waals surface area (Å²) in [6.07, 6.45) is 3.76. The van der Waals surface area contributed by atoms with E-state index in [-0.39, 0.29) is 22.6 Å². The number of rotatable bonds is 8. The highest BCUT2D eigenvalue weighted by Gasteiger charge is 2.22. The highest BCUT2D eigenvalue weighted by Crippen LogP contribution is 2.27. The first kappa shape index (κ1) is 22.6. The average molecular weight is 417 g/mol. The van der Waals surface area contributed by atoms with E-state index < -0.39 is 10.0 Å². The van der Waals surface area contributed by atoms with Crippen LogP contribution in [0.5, 0.6) is 5.75 Å². The number of hydrogen-bond donors (Lipinski definition) is 1. The van der Waals surface area contributed by atoms with Gasteiger partial charge < -0.3 is 10.1 Å². The van der Waals surface area contributed by atoms with Crippen LogP contribution in [0.2, 0.25) is 0 Å². The van der Waals surface area contributed by atoms with Gasteiger partial charge in [0.05, 0.1) is 13.2 Å². The van der Waals surface area contributed by atoms with E-state index >= 15 is 0 Å². The van der Waals surface area contributed by atoms with Crippen LogP contribution in [-0.2, 0) is 14.8 Å². The van der Waals surface area contributed by atoms with Gasteiger partial charge in [-0.1, -0.05) is 42.8 Å². The SMILES string of the molecule is CC[C@@H](NC(=O)/C=C/c1ccc(OC)c(S(=O)(=O)N(C)C)c1)c1ccc(C)cc1. The molecule has 2 rings (SSSR count). The highest BCUT2D eigenvalue weighted by molar-refractivity contribution is 7.89. The lowest BCUT2D eigenvalue weighted by molar-refractivity contribution is -0.117. The Balaban J connectivity index is 2.20. The average Bonchev–Trinajstić information content (AvgIpc) is 2.70. The first-order valence-electron chi connectivity index (χ1n) is 9.34. The molecule has 29 heavy (non-hydrogen) atoms. The summed E-state index contributed by atoms with van der Waals surface area (Å²) in [7, 11) is 0.668. The number of methoxy groups -OCH3 is 1. The Labute approximate surface area is 173 Å². The molecule has 0 spiro atoms. The monoisotopic (exact) mass is 416 g/mol. The van der Waals surface area contributed by atoms with Gasteiger partial charge in [-0.05, 0) is 42.7 Å². The van der Waals surface area contributed by atoms with Crippen molar-refractivity contribution in [3.8, 4) is 5.75 Å². The van der Waals surface area contributed by atoms with Crippen molar-refractivity contribution in [1.82, 2.24) is 9.62 Å².